The first-order valence-electron chi connectivity index (χ1n) is 10.3. The Morgan fingerprint density at radius 3 is 2.34 bits per heavy atom. The van der Waals surface area contributed by atoms with Crippen molar-refractivity contribution in [3.05, 3.63) is 62.7 Å². The highest BCUT2D eigenvalue weighted by molar-refractivity contribution is 6.30. The van der Waals surface area contributed by atoms with E-state index in [1.807, 2.05) is 9.80 Å². The normalized spacial score (nSPS) is 16.6. The number of nitro benzene ring substituents is 1. The van der Waals surface area contributed by atoms with E-state index in [1.54, 1.807) is 29.2 Å². The number of benzene rings is 2. The molecule has 0 unspecified atom stereocenters. The van der Waals surface area contributed by atoms with Crippen LogP contribution in [0.3, 0.4) is 0 Å². The number of non-ortho nitro benzene ring substituents is 1. The summed E-state index contributed by atoms with van der Waals surface area (Å²) in [6, 6.07) is 11.8. The van der Waals surface area contributed by atoms with Crippen LogP contribution in [0.2, 0.25) is 5.02 Å². The van der Waals surface area contributed by atoms with Gasteiger partial charge in [-0.05, 0) is 24.3 Å². The van der Waals surface area contributed by atoms with Crippen LogP contribution in [0.4, 0.5) is 17.1 Å². The molecule has 0 N–H and O–H groups in total. The Labute approximate surface area is 190 Å². The Kier molecular flexibility index (Phi) is 6.44. The average molecular weight is 456 g/mol. The van der Waals surface area contributed by atoms with E-state index in [0.717, 1.165) is 5.69 Å². The number of hydrogen-bond donors (Lipinski definition) is 0. The highest BCUT2D eigenvalue weighted by Gasteiger charge is 2.28. The summed E-state index contributed by atoms with van der Waals surface area (Å²) in [5.74, 6) is -0.235. The highest BCUT2D eigenvalue weighted by atomic mass is 35.5. The fourth-order valence-electron chi connectivity index (χ4n) is 4.07. The van der Waals surface area contributed by atoms with Gasteiger partial charge in [-0.15, -0.1) is 0 Å². The number of amides is 1. The van der Waals surface area contributed by atoms with E-state index in [-0.39, 0.29) is 11.6 Å². The van der Waals surface area contributed by atoms with Gasteiger partial charge in [0.25, 0.3) is 11.6 Å². The molecule has 0 saturated carbocycles. The van der Waals surface area contributed by atoms with Crippen LogP contribution in [0.1, 0.15) is 15.9 Å². The first kappa shape index (κ1) is 21.9. The number of nitrogens with zero attached hydrogens (tertiary/aromatic N) is 5. The molecule has 0 atom stereocenters. The van der Waals surface area contributed by atoms with Gasteiger partial charge in [0.05, 0.1) is 40.6 Å². The lowest BCUT2D eigenvalue weighted by molar-refractivity contribution is -0.384. The second kappa shape index (κ2) is 9.42. The van der Waals surface area contributed by atoms with Crippen molar-refractivity contribution in [2.45, 2.75) is 0 Å². The fraction of sp³-hybridized carbons (Fsp3) is 0.364. The standard InChI is InChI=1S/C22H22ClN5O4/c23-17-2-1-16(15-24)21(13-17)25-5-7-27(8-6-25)22(29)19-14-18(28(30)31)3-4-20(19)26-9-11-32-12-10-26/h1-4,13-14H,5-12H2. The third-order valence-electron chi connectivity index (χ3n) is 5.76. The first-order valence-corrected chi connectivity index (χ1v) is 10.7. The molecule has 4 rings (SSSR count). The van der Waals surface area contributed by atoms with Crippen LogP contribution in [0, 0.1) is 21.4 Å². The van der Waals surface area contributed by atoms with Crippen molar-refractivity contribution in [3.63, 3.8) is 0 Å². The Morgan fingerprint density at radius 2 is 1.69 bits per heavy atom. The summed E-state index contributed by atoms with van der Waals surface area (Å²) < 4.78 is 5.40. The number of carbonyl (C=O) groups is 1. The van der Waals surface area contributed by atoms with Gasteiger partial charge in [0.15, 0.2) is 0 Å². The predicted molar refractivity (Wildman–Crippen MR) is 120 cm³/mol. The van der Waals surface area contributed by atoms with Gasteiger partial charge in [-0.2, -0.15) is 5.26 Å². The molecule has 0 bridgehead atoms. The maximum Gasteiger partial charge on any atom is 0.270 e. The van der Waals surface area contributed by atoms with Crippen LogP contribution in [0.25, 0.3) is 0 Å². The number of rotatable bonds is 4. The summed E-state index contributed by atoms with van der Waals surface area (Å²) in [6.45, 7) is 4.26. The van der Waals surface area contributed by atoms with Crippen molar-refractivity contribution in [3.8, 4) is 6.07 Å². The Balaban J connectivity index is 1.55. The number of anilines is 2. The molecule has 2 aliphatic heterocycles. The molecule has 2 aromatic carbocycles. The third-order valence-corrected chi connectivity index (χ3v) is 6.00. The van der Waals surface area contributed by atoms with Gasteiger partial charge in [-0.3, -0.25) is 14.9 Å². The zero-order chi connectivity index (χ0) is 22.7. The van der Waals surface area contributed by atoms with Crippen LogP contribution < -0.4 is 9.80 Å². The fourth-order valence-corrected chi connectivity index (χ4v) is 4.24. The smallest absolute Gasteiger partial charge is 0.270 e. The third kappa shape index (κ3) is 4.47. The number of carbonyl (C=O) groups excluding carboxylic acids is 1. The minimum atomic E-state index is -0.486. The molecular formula is C22H22ClN5O4. The monoisotopic (exact) mass is 455 g/mol. The van der Waals surface area contributed by atoms with Crippen LogP contribution in [-0.4, -0.2) is 68.2 Å². The number of morpholine rings is 1. The molecule has 1 amide bonds. The second-order valence-corrected chi connectivity index (χ2v) is 8.05. The molecule has 0 aromatic heterocycles. The van der Waals surface area contributed by atoms with E-state index in [0.29, 0.717) is 74.3 Å². The van der Waals surface area contributed by atoms with Crippen LogP contribution in [-0.2, 0) is 4.74 Å². The average Bonchev–Trinajstić information content (AvgIpc) is 2.83. The molecule has 2 saturated heterocycles. The Hall–Kier alpha value is -3.35. The molecule has 0 radical (unpaired) electrons. The van der Waals surface area contributed by atoms with Gasteiger partial charge < -0.3 is 19.4 Å². The van der Waals surface area contributed by atoms with Crippen LogP contribution >= 0.6 is 11.6 Å². The molecule has 0 spiro atoms. The van der Waals surface area contributed by atoms with Crippen molar-refractivity contribution in [1.29, 1.82) is 5.26 Å². The molecule has 2 aliphatic rings. The maximum atomic E-state index is 13.4. The van der Waals surface area contributed by atoms with Crippen molar-refractivity contribution in [1.82, 2.24) is 4.90 Å². The van der Waals surface area contributed by atoms with E-state index >= 15 is 0 Å². The number of nitriles is 1. The number of hydrogen-bond acceptors (Lipinski definition) is 7. The van der Waals surface area contributed by atoms with Gasteiger partial charge in [0.2, 0.25) is 0 Å². The van der Waals surface area contributed by atoms with Crippen molar-refractivity contribution in [2.75, 3.05) is 62.3 Å². The van der Waals surface area contributed by atoms with Crippen molar-refractivity contribution >= 4 is 34.6 Å². The minimum Gasteiger partial charge on any atom is -0.378 e. The summed E-state index contributed by atoms with van der Waals surface area (Å²) in [7, 11) is 0. The summed E-state index contributed by atoms with van der Waals surface area (Å²) in [5, 5.41) is 21.3. The zero-order valence-electron chi connectivity index (χ0n) is 17.4. The number of nitro groups is 1. The van der Waals surface area contributed by atoms with Gasteiger partial charge in [0.1, 0.15) is 6.07 Å². The molecule has 2 heterocycles. The lowest BCUT2D eigenvalue weighted by Gasteiger charge is -2.37. The topological polar surface area (TPSA) is 103 Å². The molecule has 2 aromatic rings. The summed E-state index contributed by atoms with van der Waals surface area (Å²) >= 11 is 6.11. The highest BCUT2D eigenvalue weighted by Crippen LogP contribution is 2.29. The quantitative estimate of drug-likeness (QED) is 0.515. The zero-order valence-corrected chi connectivity index (χ0v) is 18.1. The molecular weight excluding hydrogens is 434 g/mol. The van der Waals surface area contributed by atoms with Crippen LogP contribution in [0.15, 0.2) is 36.4 Å². The Morgan fingerprint density at radius 1 is 1.00 bits per heavy atom. The maximum absolute atomic E-state index is 13.4. The summed E-state index contributed by atoms with van der Waals surface area (Å²) in [5.41, 5.74) is 2.18. The summed E-state index contributed by atoms with van der Waals surface area (Å²) in [4.78, 5) is 30.0. The van der Waals surface area contributed by atoms with Gasteiger partial charge in [0, 0.05) is 56.4 Å². The van der Waals surface area contributed by atoms with Gasteiger partial charge in [-0.1, -0.05) is 11.6 Å². The predicted octanol–water partition coefficient (Wildman–Crippen LogP) is 2.92. The first-order chi connectivity index (χ1) is 15.5. The second-order valence-electron chi connectivity index (χ2n) is 7.61. The SMILES string of the molecule is N#Cc1ccc(Cl)cc1N1CCN(C(=O)c2cc([N+](=O)[O-])ccc2N2CCOCC2)CC1. The number of halogens is 1. The Bertz CT molecular complexity index is 1070. The number of piperazine rings is 1. The lowest BCUT2D eigenvalue weighted by atomic mass is 10.1. The lowest BCUT2D eigenvalue weighted by Crippen LogP contribution is -2.49. The van der Waals surface area contributed by atoms with E-state index in [1.165, 1.54) is 12.1 Å². The van der Waals surface area contributed by atoms with E-state index in [2.05, 4.69) is 6.07 Å². The molecule has 166 valence electrons. The minimum absolute atomic E-state index is 0.110. The van der Waals surface area contributed by atoms with E-state index < -0.39 is 4.92 Å². The van der Waals surface area contributed by atoms with Crippen molar-refractivity contribution in [2.24, 2.45) is 0 Å². The molecule has 2 fully saturated rings. The van der Waals surface area contributed by atoms with Crippen LogP contribution in [0.5, 0.6) is 0 Å². The van der Waals surface area contributed by atoms with Crippen molar-refractivity contribution < 1.29 is 14.5 Å². The van der Waals surface area contributed by atoms with E-state index in [4.69, 9.17) is 16.3 Å². The van der Waals surface area contributed by atoms with E-state index in [9.17, 15) is 20.2 Å². The molecule has 9 nitrogen and oxygen atoms in total. The molecule has 32 heavy (non-hydrogen) atoms. The number of ether oxygens (including phenoxy) is 1. The van der Waals surface area contributed by atoms with Gasteiger partial charge in [-0.25, -0.2) is 0 Å². The van der Waals surface area contributed by atoms with Gasteiger partial charge >= 0.3 is 0 Å². The molecule has 0 aliphatic carbocycles. The largest absolute Gasteiger partial charge is 0.378 e. The molecule has 10 heteroatoms. The summed E-state index contributed by atoms with van der Waals surface area (Å²) in [6.07, 6.45) is 0.